The first-order valence-electron chi connectivity index (χ1n) is 9.62. The second-order valence-electron chi connectivity index (χ2n) is 7.32. The summed E-state index contributed by atoms with van der Waals surface area (Å²) in [4.78, 5) is 16.8. The Labute approximate surface area is 166 Å². The molecule has 0 aromatic heterocycles. The van der Waals surface area contributed by atoms with Gasteiger partial charge in [-0.1, -0.05) is 29.8 Å². The quantitative estimate of drug-likeness (QED) is 0.596. The molecule has 1 heterocycles. The van der Waals surface area contributed by atoms with Gasteiger partial charge in [-0.3, -0.25) is 14.6 Å². The highest BCUT2D eigenvalue weighted by atomic mass is 16.3. The SMILES string of the molecule is C/C(=N\NC(=O)CN1CCN(Cc2ccc(C)cc2)CC1)c1ccc(O)cc1. The number of hydrogen-bond acceptors (Lipinski definition) is 5. The molecule has 0 radical (unpaired) electrons. The number of carbonyl (C=O) groups is 1. The zero-order chi connectivity index (χ0) is 19.9. The monoisotopic (exact) mass is 380 g/mol. The van der Waals surface area contributed by atoms with E-state index >= 15 is 0 Å². The molecular formula is C22H28N4O2. The largest absolute Gasteiger partial charge is 0.508 e. The molecule has 1 fully saturated rings. The fourth-order valence-electron chi connectivity index (χ4n) is 3.21. The highest BCUT2D eigenvalue weighted by Crippen LogP contribution is 2.11. The van der Waals surface area contributed by atoms with E-state index in [4.69, 9.17) is 0 Å². The fraction of sp³-hybridized carbons (Fsp3) is 0.364. The number of nitrogens with one attached hydrogen (secondary N) is 1. The van der Waals surface area contributed by atoms with E-state index < -0.39 is 0 Å². The number of phenolic OH excluding ortho intramolecular Hbond substituents is 1. The summed E-state index contributed by atoms with van der Waals surface area (Å²) in [6, 6.07) is 15.4. The number of benzene rings is 2. The third-order valence-electron chi connectivity index (χ3n) is 4.99. The van der Waals surface area contributed by atoms with E-state index in [-0.39, 0.29) is 11.7 Å². The maximum atomic E-state index is 12.2. The van der Waals surface area contributed by atoms with Crippen molar-refractivity contribution >= 4 is 11.6 Å². The Morgan fingerprint density at radius 1 is 1.00 bits per heavy atom. The smallest absolute Gasteiger partial charge is 0.254 e. The molecule has 1 aliphatic rings. The predicted molar refractivity (Wildman–Crippen MR) is 111 cm³/mol. The summed E-state index contributed by atoms with van der Waals surface area (Å²) < 4.78 is 0. The Balaban J connectivity index is 1.41. The molecule has 0 aliphatic carbocycles. The summed E-state index contributed by atoms with van der Waals surface area (Å²) in [6.07, 6.45) is 0. The standard InChI is InChI=1S/C22H28N4O2/c1-17-3-5-19(6-4-17)15-25-11-13-26(14-12-25)16-22(28)24-23-18(2)20-7-9-21(27)10-8-20/h3-10,27H,11-16H2,1-2H3,(H,24,28)/b23-18+. The van der Waals surface area contributed by atoms with Gasteiger partial charge in [0.15, 0.2) is 0 Å². The first-order chi connectivity index (χ1) is 13.5. The van der Waals surface area contributed by atoms with Crippen molar-refractivity contribution in [3.05, 3.63) is 65.2 Å². The minimum Gasteiger partial charge on any atom is -0.508 e. The molecular weight excluding hydrogens is 352 g/mol. The molecule has 1 amide bonds. The van der Waals surface area contributed by atoms with Crippen molar-refractivity contribution in [1.29, 1.82) is 0 Å². The van der Waals surface area contributed by atoms with Crippen LogP contribution in [0, 0.1) is 6.92 Å². The van der Waals surface area contributed by atoms with Crippen molar-refractivity contribution in [2.24, 2.45) is 5.10 Å². The lowest BCUT2D eigenvalue weighted by atomic mass is 10.1. The van der Waals surface area contributed by atoms with Gasteiger partial charge < -0.3 is 5.11 Å². The van der Waals surface area contributed by atoms with Gasteiger partial charge in [0.05, 0.1) is 12.3 Å². The van der Waals surface area contributed by atoms with Crippen LogP contribution in [-0.2, 0) is 11.3 Å². The number of hydrogen-bond donors (Lipinski definition) is 2. The van der Waals surface area contributed by atoms with E-state index in [0.717, 1.165) is 38.3 Å². The Hall–Kier alpha value is -2.70. The maximum absolute atomic E-state index is 12.2. The second-order valence-corrected chi connectivity index (χ2v) is 7.32. The lowest BCUT2D eigenvalue weighted by Crippen LogP contribution is -2.48. The molecule has 28 heavy (non-hydrogen) atoms. The van der Waals surface area contributed by atoms with Crippen molar-refractivity contribution in [3.8, 4) is 5.75 Å². The van der Waals surface area contributed by atoms with Crippen molar-refractivity contribution in [2.75, 3.05) is 32.7 Å². The van der Waals surface area contributed by atoms with Gasteiger partial charge in [0.25, 0.3) is 5.91 Å². The molecule has 0 unspecified atom stereocenters. The van der Waals surface area contributed by atoms with Crippen molar-refractivity contribution in [2.45, 2.75) is 20.4 Å². The molecule has 2 aromatic carbocycles. The number of aryl methyl sites for hydroxylation is 1. The number of carbonyl (C=O) groups excluding carboxylic acids is 1. The van der Waals surface area contributed by atoms with Gasteiger partial charge in [-0.2, -0.15) is 5.10 Å². The van der Waals surface area contributed by atoms with E-state index in [9.17, 15) is 9.90 Å². The van der Waals surface area contributed by atoms with Crippen molar-refractivity contribution < 1.29 is 9.90 Å². The van der Waals surface area contributed by atoms with Gasteiger partial charge in [-0.05, 0) is 49.2 Å². The lowest BCUT2D eigenvalue weighted by molar-refractivity contribution is -0.122. The maximum Gasteiger partial charge on any atom is 0.254 e. The third-order valence-corrected chi connectivity index (χ3v) is 4.99. The Kier molecular flexibility index (Phi) is 6.79. The van der Waals surface area contributed by atoms with E-state index in [1.54, 1.807) is 24.3 Å². The number of aromatic hydroxyl groups is 1. The number of rotatable bonds is 6. The number of amides is 1. The zero-order valence-corrected chi connectivity index (χ0v) is 16.6. The van der Waals surface area contributed by atoms with Crippen LogP contribution in [0.2, 0.25) is 0 Å². The van der Waals surface area contributed by atoms with Gasteiger partial charge in [0.1, 0.15) is 5.75 Å². The lowest BCUT2D eigenvalue weighted by Gasteiger charge is -2.34. The molecule has 2 N–H and O–H groups in total. The highest BCUT2D eigenvalue weighted by Gasteiger charge is 2.19. The van der Waals surface area contributed by atoms with Gasteiger partial charge >= 0.3 is 0 Å². The average Bonchev–Trinajstić information content (AvgIpc) is 2.70. The Morgan fingerprint density at radius 2 is 1.61 bits per heavy atom. The molecule has 3 rings (SSSR count). The fourth-order valence-corrected chi connectivity index (χ4v) is 3.21. The van der Waals surface area contributed by atoms with E-state index in [0.29, 0.717) is 12.3 Å². The second kappa shape index (κ2) is 9.48. The summed E-state index contributed by atoms with van der Waals surface area (Å²) in [6.45, 7) is 8.90. The third kappa shape index (κ3) is 5.90. The Morgan fingerprint density at radius 3 is 2.25 bits per heavy atom. The van der Waals surface area contributed by atoms with Crippen molar-refractivity contribution in [1.82, 2.24) is 15.2 Å². The summed E-state index contributed by atoms with van der Waals surface area (Å²) in [5.74, 6) is 0.104. The van der Waals surface area contributed by atoms with Crippen LogP contribution in [0.5, 0.6) is 5.75 Å². The molecule has 1 saturated heterocycles. The van der Waals surface area contributed by atoms with Crippen LogP contribution in [-0.4, -0.2) is 59.2 Å². The van der Waals surface area contributed by atoms with Crippen LogP contribution >= 0.6 is 0 Å². The average molecular weight is 380 g/mol. The van der Waals surface area contributed by atoms with Crippen LogP contribution < -0.4 is 5.43 Å². The normalized spacial score (nSPS) is 16.1. The molecule has 0 spiro atoms. The molecule has 148 valence electrons. The van der Waals surface area contributed by atoms with Crippen LogP contribution in [0.15, 0.2) is 53.6 Å². The zero-order valence-electron chi connectivity index (χ0n) is 16.6. The molecule has 0 atom stereocenters. The minimum absolute atomic E-state index is 0.106. The van der Waals surface area contributed by atoms with Gasteiger partial charge in [0, 0.05) is 32.7 Å². The highest BCUT2D eigenvalue weighted by molar-refractivity contribution is 5.99. The number of piperazine rings is 1. The molecule has 6 heteroatoms. The van der Waals surface area contributed by atoms with Crippen molar-refractivity contribution in [3.63, 3.8) is 0 Å². The van der Waals surface area contributed by atoms with Crippen LogP contribution in [0.25, 0.3) is 0 Å². The van der Waals surface area contributed by atoms with Crippen LogP contribution in [0.1, 0.15) is 23.6 Å². The van der Waals surface area contributed by atoms with E-state index in [2.05, 4.69) is 51.5 Å². The summed E-state index contributed by atoms with van der Waals surface area (Å²) >= 11 is 0. The molecule has 2 aromatic rings. The predicted octanol–water partition coefficient (Wildman–Crippen LogP) is 2.36. The topological polar surface area (TPSA) is 68.2 Å². The van der Waals surface area contributed by atoms with Gasteiger partial charge in [-0.25, -0.2) is 5.43 Å². The number of nitrogens with zero attached hydrogens (tertiary/aromatic N) is 3. The summed E-state index contributed by atoms with van der Waals surface area (Å²) in [5.41, 5.74) is 6.81. The number of hydrazone groups is 1. The van der Waals surface area contributed by atoms with Crippen LogP contribution in [0.4, 0.5) is 0 Å². The summed E-state index contributed by atoms with van der Waals surface area (Å²) in [7, 11) is 0. The summed E-state index contributed by atoms with van der Waals surface area (Å²) in [5, 5.41) is 13.5. The molecule has 1 aliphatic heterocycles. The van der Waals surface area contributed by atoms with E-state index in [1.165, 1.54) is 11.1 Å². The molecule has 0 bridgehead atoms. The minimum atomic E-state index is -0.106. The Bertz CT molecular complexity index is 807. The first-order valence-corrected chi connectivity index (χ1v) is 9.62. The number of phenols is 1. The van der Waals surface area contributed by atoms with Crippen LogP contribution in [0.3, 0.4) is 0 Å². The first kappa shape index (κ1) is 20.0. The van der Waals surface area contributed by atoms with Gasteiger partial charge in [-0.15, -0.1) is 0 Å². The van der Waals surface area contributed by atoms with E-state index in [1.807, 2.05) is 6.92 Å². The molecule has 6 nitrogen and oxygen atoms in total. The van der Waals surface area contributed by atoms with Gasteiger partial charge in [0.2, 0.25) is 0 Å². The molecule has 0 saturated carbocycles.